The number of nitrogens with zero attached hydrogens (tertiary/aromatic N) is 1. The second-order valence-electron chi connectivity index (χ2n) is 6.41. The molecule has 2 amide bonds. The zero-order valence-corrected chi connectivity index (χ0v) is 13.5. The Balaban J connectivity index is 2.00. The lowest BCUT2D eigenvalue weighted by atomic mass is 9.90. The minimum atomic E-state index is -4.64. The Hall–Kier alpha value is -1.51. The number of carbonyl (C=O) groups is 2. The van der Waals surface area contributed by atoms with Gasteiger partial charge < -0.3 is 20.1 Å². The van der Waals surface area contributed by atoms with Gasteiger partial charge >= 0.3 is 18.2 Å². The number of carboxylic acid groups (broad SMARTS) is 1. The quantitative estimate of drug-likeness (QED) is 0.812. The van der Waals surface area contributed by atoms with E-state index in [-0.39, 0.29) is 12.0 Å². The minimum Gasteiger partial charge on any atom is -0.481 e. The molecule has 1 unspecified atom stereocenters. The normalized spacial score (nSPS) is 27.1. The number of halogens is 3. The molecule has 0 spiro atoms. The molecule has 0 bridgehead atoms. The summed E-state index contributed by atoms with van der Waals surface area (Å²) < 4.78 is 44.3. The number of ether oxygens (including phenoxy) is 1. The van der Waals surface area contributed by atoms with Crippen molar-refractivity contribution in [1.82, 2.24) is 10.2 Å². The lowest BCUT2D eigenvalue weighted by Crippen LogP contribution is -2.48. The molecule has 9 heteroatoms. The molecule has 0 aromatic heterocycles. The van der Waals surface area contributed by atoms with Crippen molar-refractivity contribution < 1.29 is 32.6 Å². The van der Waals surface area contributed by atoms with Crippen LogP contribution in [-0.4, -0.2) is 60.5 Å². The molecule has 2 saturated heterocycles. The van der Waals surface area contributed by atoms with Crippen molar-refractivity contribution in [2.45, 2.75) is 38.4 Å². The van der Waals surface area contributed by atoms with Crippen molar-refractivity contribution in [1.29, 1.82) is 0 Å². The van der Waals surface area contributed by atoms with Crippen molar-refractivity contribution in [3.63, 3.8) is 0 Å². The molecular formula is C15H23F3N2O4. The standard InChI is InChI=1S/C15H23F3N2O4/c1-2-12(9-3-5-24-6-4-9)19-14(23)20-7-10(13(21)22)11(8-20)15(16,17)18/h9-12H,2-8H2,1H3,(H,19,23)(H,21,22)/t10-,11-,12?/m1/s1. The second-order valence-corrected chi connectivity index (χ2v) is 6.41. The van der Waals surface area contributed by atoms with Gasteiger partial charge in [-0.2, -0.15) is 13.2 Å². The Bertz CT molecular complexity index is 466. The van der Waals surface area contributed by atoms with E-state index in [4.69, 9.17) is 9.84 Å². The number of carbonyl (C=O) groups excluding carboxylic acids is 1. The highest BCUT2D eigenvalue weighted by Crippen LogP contribution is 2.37. The van der Waals surface area contributed by atoms with Gasteiger partial charge in [0.25, 0.3) is 0 Å². The molecule has 0 saturated carbocycles. The zero-order valence-electron chi connectivity index (χ0n) is 13.5. The fourth-order valence-corrected chi connectivity index (χ4v) is 3.47. The van der Waals surface area contributed by atoms with Crippen LogP contribution in [0.1, 0.15) is 26.2 Å². The molecule has 0 aromatic carbocycles. The third-order valence-electron chi connectivity index (χ3n) is 4.93. The molecule has 2 fully saturated rings. The van der Waals surface area contributed by atoms with E-state index in [1.165, 1.54) is 0 Å². The smallest absolute Gasteiger partial charge is 0.394 e. The summed E-state index contributed by atoms with van der Waals surface area (Å²) in [5.74, 6) is -4.93. The molecule has 138 valence electrons. The van der Waals surface area contributed by atoms with Gasteiger partial charge in [0.2, 0.25) is 0 Å². The summed E-state index contributed by atoms with van der Waals surface area (Å²) in [6.45, 7) is 2.09. The number of urea groups is 1. The fourth-order valence-electron chi connectivity index (χ4n) is 3.47. The van der Waals surface area contributed by atoms with Gasteiger partial charge in [-0.15, -0.1) is 0 Å². The number of hydrogen-bond acceptors (Lipinski definition) is 3. The Kier molecular flexibility index (Phi) is 5.95. The number of amides is 2. The van der Waals surface area contributed by atoms with Gasteiger partial charge in [0.05, 0.1) is 11.8 Å². The van der Waals surface area contributed by atoms with Crippen molar-refractivity contribution >= 4 is 12.0 Å². The van der Waals surface area contributed by atoms with Gasteiger partial charge in [-0.05, 0) is 25.2 Å². The molecule has 2 aliphatic rings. The highest BCUT2D eigenvalue weighted by molar-refractivity contribution is 5.78. The molecular weight excluding hydrogens is 329 g/mol. The third-order valence-corrected chi connectivity index (χ3v) is 4.93. The third kappa shape index (κ3) is 4.31. The van der Waals surface area contributed by atoms with Crippen LogP contribution in [0.3, 0.4) is 0 Å². The molecule has 2 aliphatic heterocycles. The van der Waals surface area contributed by atoms with Gasteiger partial charge in [-0.25, -0.2) is 4.79 Å². The van der Waals surface area contributed by atoms with E-state index in [2.05, 4.69) is 5.32 Å². The lowest BCUT2D eigenvalue weighted by Gasteiger charge is -2.31. The van der Waals surface area contributed by atoms with Gasteiger partial charge in [0, 0.05) is 32.3 Å². The number of likely N-dealkylation sites (tertiary alicyclic amines) is 1. The number of hydrogen-bond donors (Lipinski definition) is 2. The van der Waals surface area contributed by atoms with Crippen LogP contribution in [0, 0.1) is 17.8 Å². The van der Waals surface area contributed by atoms with Gasteiger partial charge in [0.1, 0.15) is 0 Å². The van der Waals surface area contributed by atoms with E-state index in [1.807, 2.05) is 6.92 Å². The van der Waals surface area contributed by atoms with Crippen molar-refractivity contribution in [2.75, 3.05) is 26.3 Å². The first kappa shape index (κ1) is 18.8. The predicted octanol–water partition coefficient (Wildman–Crippen LogP) is 2.10. The van der Waals surface area contributed by atoms with E-state index in [0.29, 0.717) is 19.6 Å². The summed E-state index contributed by atoms with van der Waals surface area (Å²) in [5.41, 5.74) is 0. The SMILES string of the molecule is CCC(NC(=O)N1C[C@@H](C(F)(F)F)[C@H](C(=O)O)C1)C1CCOCC1. The monoisotopic (exact) mass is 352 g/mol. The number of rotatable bonds is 4. The van der Waals surface area contributed by atoms with E-state index >= 15 is 0 Å². The average molecular weight is 352 g/mol. The van der Waals surface area contributed by atoms with Crippen LogP contribution in [0.15, 0.2) is 0 Å². The minimum absolute atomic E-state index is 0.144. The number of carboxylic acids is 1. The Labute approximate surface area is 138 Å². The molecule has 0 aromatic rings. The van der Waals surface area contributed by atoms with E-state index < -0.39 is 43.1 Å². The first-order chi connectivity index (χ1) is 11.2. The summed E-state index contributed by atoms with van der Waals surface area (Å²) in [7, 11) is 0. The molecule has 2 N–H and O–H groups in total. The maximum Gasteiger partial charge on any atom is 0.394 e. The van der Waals surface area contributed by atoms with Crippen LogP contribution in [0.5, 0.6) is 0 Å². The summed E-state index contributed by atoms with van der Waals surface area (Å²) in [4.78, 5) is 24.4. The maximum atomic E-state index is 13.0. The lowest BCUT2D eigenvalue weighted by molar-refractivity contribution is -0.187. The van der Waals surface area contributed by atoms with Gasteiger partial charge in [-0.3, -0.25) is 4.79 Å². The Morgan fingerprint density at radius 3 is 2.38 bits per heavy atom. The predicted molar refractivity (Wildman–Crippen MR) is 78.4 cm³/mol. The van der Waals surface area contributed by atoms with Crippen LogP contribution in [0.2, 0.25) is 0 Å². The fraction of sp³-hybridized carbons (Fsp3) is 0.867. The first-order valence-corrected chi connectivity index (χ1v) is 8.16. The average Bonchev–Trinajstić information content (AvgIpc) is 2.99. The highest BCUT2D eigenvalue weighted by Gasteiger charge is 2.53. The summed E-state index contributed by atoms with van der Waals surface area (Å²) in [6.07, 6.45) is -2.39. The molecule has 0 aliphatic carbocycles. The van der Waals surface area contributed by atoms with E-state index in [1.54, 1.807) is 0 Å². The van der Waals surface area contributed by atoms with Crippen molar-refractivity contribution in [3.8, 4) is 0 Å². The van der Waals surface area contributed by atoms with Crippen LogP contribution < -0.4 is 5.32 Å². The van der Waals surface area contributed by atoms with Crippen LogP contribution in [0.25, 0.3) is 0 Å². The topological polar surface area (TPSA) is 78.9 Å². The van der Waals surface area contributed by atoms with Crippen molar-refractivity contribution in [3.05, 3.63) is 0 Å². The number of aliphatic carboxylic acids is 1. The van der Waals surface area contributed by atoms with Crippen molar-refractivity contribution in [2.24, 2.45) is 17.8 Å². The van der Waals surface area contributed by atoms with Crippen LogP contribution in [0.4, 0.5) is 18.0 Å². The highest BCUT2D eigenvalue weighted by atomic mass is 19.4. The first-order valence-electron chi connectivity index (χ1n) is 8.16. The molecule has 24 heavy (non-hydrogen) atoms. The largest absolute Gasteiger partial charge is 0.481 e. The Morgan fingerprint density at radius 2 is 1.92 bits per heavy atom. The molecule has 2 rings (SSSR count). The van der Waals surface area contributed by atoms with E-state index in [0.717, 1.165) is 17.7 Å². The van der Waals surface area contributed by atoms with E-state index in [9.17, 15) is 22.8 Å². The van der Waals surface area contributed by atoms with Gasteiger partial charge in [0.15, 0.2) is 0 Å². The second kappa shape index (κ2) is 7.58. The van der Waals surface area contributed by atoms with Gasteiger partial charge in [-0.1, -0.05) is 6.92 Å². The summed E-state index contributed by atoms with van der Waals surface area (Å²) in [6, 6.07) is -0.763. The maximum absolute atomic E-state index is 13.0. The zero-order chi connectivity index (χ0) is 17.9. The summed E-state index contributed by atoms with van der Waals surface area (Å²) >= 11 is 0. The molecule has 0 radical (unpaired) electrons. The Morgan fingerprint density at radius 1 is 1.29 bits per heavy atom. The van der Waals surface area contributed by atoms with Crippen LogP contribution >= 0.6 is 0 Å². The molecule has 2 heterocycles. The molecule has 6 nitrogen and oxygen atoms in total. The van der Waals surface area contributed by atoms with Crippen LogP contribution in [-0.2, 0) is 9.53 Å². The summed E-state index contributed by atoms with van der Waals surface area (Å²) in [5, 5.41) is 11.8. The number of nitrogens with one attached hydrogen (secondary N) is 1. The number of alkyl halides is 3. The molecule has 3 atom stereocenters.